The molecule has 1 heterocycles. The number of aromatic nitrogens is 3. The molecule has 0 spiro atoms. The highest BCUT2D eigenvalue weighted by Gasteiger charge is 2.02. The first-order chi connectivity index (χ1) is 8.29. The van der Waals surface area contributed by atoms with Crippen LogP contribution < -0.4 is 11.1 Å². The largest absolute Gasteiger partial charge is 0.353 e. The summed E-state index contributed by atoms with van der Waals surface area (Å²) < 4.78 is 0. The Kier molecular flexibility index (Phi) is 3.82. The lowest BCUT2D eigenvalue weighted by Crippen LogP contribution is -2.22. The normalized spacial score (nSPS) is 12.6. The smallest absolute Gasteiger partial charge is 0.243 e. The Hall–Kier alpha value is -1.75. The van der Waals surface area contributed by atoms with Crippen LogP contribution in [0.4, 0.5) is 5.95 Å². The first-order valence-corrected chi connectivity index (χ1v) is 5.88. The van der Waals surface area contributed by atoms with Gasteiger partial charge in [0.1, 0.15) is 5.52 Å². The fourth-order valence-electron chi connectivity index (χ4n) is 1.53. The monoisotopic (exact) mass is 231 g/mol. The van der Waals surface area contributed by atoms with Gasteiger partial charge in [-0.1, -0.05) is 19.1 Å². The molecule has 0 amide bonds. The van der Waals surface area contributed by atoms with Crippen molar-refractivity contribution in [3.63, 3.8) is 0 Å². The molecule has 5 nitrogen and oxygen atoms in total. The number of para-hydroxylation sites is 1. The van der Waals surface area contributed by atoms with Crippen LogP contribution in [0, 0.1) is 0 Å². The van der Waals surface area contributed by atoms with Crippen LogP contribution >= 0.6 is 0 Å². The van der Waals surface area contributed by atoms with E-state index in [1.165, 1.54) is 0 Å². The Labute approximate surface area is 100 Å². The van der Waals surface area contributed by atoms with Gasteiger partial charge in [0.15, 0.2) is 0 Å². The maximum Gasteiger partial charge on any atom is 0.243 e. The lowest BCUT2D eigenvalue weighted by Gasteiger charge is -2.09. The lowest BCUT2D eigenvalue weighted by molar-refractivity contribution is 0.612. The van der Waals surface area contributed by atoms with Gasteiger partial charge < -0.3 is 11.1 Å². The molecule has 90 valence electrons. The second-order valence-corrected chi connectivity index (χ2v) is 4.01. The van der Waals surface area contributed by atoms with Crippen molar-refractivity contribution in [1.82, 2.24) is 15.2 Å². The van der Waals surface area contributed by atoms with E-state index in [1.807, 2.05) is 24.3 Å². The van der Waals surface area contributed by atoms with Crippen LogP contribution in [0.1, 0.15) is 19.8 Å². The number of benzene rings is 1. The molecule has 0 aliphatic carbocycles. The molecule has 2 rings (SSSR count). The second-order valence-electron chi connectivity index (χ2n) is 4.01. The summed E-state index contributed by atoms with van der Waals surface area (Å²) in [5, 5.41) is 11.2. The number of nitrogens with zero attached hydrogens (tertiary/aromatic N) is 3. The molecule has 0 saturated heterocycles. The predicted molar refractivity (Wildman–Crippen MR) is 68.7 cm³/mol. The fourth-order valence-corrected chi connectivity index (χ4v) is 1.53. The summed E-state index contributed by atoms with van der Waals surface area (Å²) in [6, 6.07) is 7.91. The first-order valence-electron chi connectivity index (χ1n) is 5.88. The van der Waals surface area contributed by atoms with Crippen molar-refractivity contribution in [1.29, 1.82) is 0 Å². The van der Waals surface area contributed by atoms with Crippen LogP contribution in [-0.2, 0) is 0 Å². The molecular weight excluding hydrogens is 214 g/mol. The molecule has 17 heavy (non-hydrogen) atoms. The van der Waals surface area contributed by atoms with Crippen molar-refractivity contribution in [2.75, 3.05) is 11.9 Å². The van der Waals surface area contributed by atoms with E-state index in [0.29, 0.717) is 5.95 Å². The van der Waals surface area contributed by atoms with Gasteiger partial charge in [-0.05, 0) is 25.0 Å². The van der Waals surface area contributed by atoms with Gasteiger partial charge in [0.05, 0.1) is 5.52 Å². The Bertz CT molecular complexity index is 485. The van der Waals surface area contributed by atoms with Crippen molar-refractivity contribution in [2.45, 2.75) is 25.8 Å². The third-order valence-corrected chi connectivity index (χ3v) is 2.68. The highest BCUT2D eigenvalue weighted by atomic mass is 15.2. The molecule has 1 aromatic carbocycles. The zero-order chi connectivity index (χ0) is 12.1. The quantitative estimate of drug-likeness (QED) is 0.816. The molecule has 5 heteroatoms. The standard InChI is InChI=1S/C12H17N5/c1-2-9(13)7-8-14-12-15-10-5-3-4-6-11(10)16-17-12/h3-6,9H,2,7-8,13H2,1H3,(H,14,15,17). The minimum atomic E-state index is 0.232. The molecule has 0 bridgehead atoms. The van der Waals surface area contributed by atoms with Crippen molar-refractivity contribution < 1.29 is 0 Å². The number of anilines is 1. The lowest BCUT2D eigenvalue weighted by atomic mass is 10.2. The molecule has 1 unspecified atom stereocenters. The predicted octanol–water partition coefficient (Wildman–Crippen LogP) is 1.56. The summed E-state index contributed by atoms with van der Waals surface area (Å²) in [5.41, 5.74) is 7.49. The van der Waals surface area contributed by atoms with Crippen LogP contribution in [0.3, 0.4) is 0 Å². The molecule has 1 aromatic heterocycles. The molecule has 2 aromatic rings. The number of hydrogen-bond donors (Lipinski definition) is 2. The summed E-state index contributed by atoms with van der Waals surface area (Å²) in [6.07, 6.45) is 1.89. The van der Waals surface area contributed by atoms with Gasteiger partial charge in [0.25, 0.3) is 0 Å². The minimum absolute atomic E-state index is 0.232. The zero-order valence-corrected chi connectivity index (χ0v) is 9.93. The molecule has 3 N–H and O–H groups in total. The van der Waals surface area contributed by atoms with E-state index in [2.05, 4.69) is 27.4 Å². The van der Waals surface area contributed by atoms with Crippen LogP contribution in [0.2, 0.25) is 0 Å². The van der Waals surface area contributed by atoms with Crippen molar-refractivity contribution in [3.05, 3.63) is 24.3 Å². The fraction of sp³-hybridized carbons (Fsp3) is 0.417. The zero-order valence-electron chi connectivity index (χ0n) is 9.93. The van der Waals surface area contributed by atoms with Gasteiger partial charge in [-0.15, -0.1) is 10.2 Å². The Morgan fingerprint density at radius 1 is 1.24 bits per heavy atom. The van der Waals surface area contributed by atoms with Gasteiger partial charge in [0.2, 0.25) is 5.95 Å². The molecule has 0 aliphatic rings. The molecule has 0 fully saturated rings. The summed E-state index contributed by atoms with van der Waals surface area (Å²) in [5.74, 6) is 0.562. The molecule has 1 atom stereocenters. The molecule has 0 saturated carbocycles. The number of hydrogen-bond acceptors (Lipinski definition) is 5. The maximum absolute atomic E-state index is 5.83. The van der Waals surface area contributed by atoms with E-state index in [0.717, 1.165) is 30.4 Å². The Morgan fingerprint density at radius 2 is 2.00 bits per heavy atom. The van der Waals surface area contributed by atoms with Crippen LogP contribution in [0.25, 0.3) is 11.0 Å². The van der Waals surface area contributed by atoms with E-state index in [1.54, 1.807) is 0 Å². The molecule has 0 radical (unpaired) electrons. The topological polar surface area (TPSA) is 76.7 Å². The van der Waals surface area contributed by atoms with E-state index >= 15 is 0 Å². The van der Waals surface area contributed by atoms with Crippen molar-refractivity contribution in [2.24, 2.45) is 5.73 Å². The third kappa shape index (κ3) is 3.10. The third-order valence-electron chi connectivity index (χ3n) is 2.68. The second kappa shape index (κ2) is 5.54. The summed E-state index contributed by atoms with van der Waals surface area (Å²) in [6.45, 7) is 2.85. The van der Waals surface area contributed by atoms with E-state index in [4.69, 9.17) is 5.73 Å². The first kappa shape index (κ1) is 11.7. The Balaban J connectivity index is 1.99. The number of nitrogens with two attached hydrogens (primary N) is 1. The summed E-state index contributed by atoms with van der Waals surface area (Å²) in [7, 11) is 0. The highest BCUT2D eigenvalue weighted by molar-refractivity contribution is 5.73. The van der Waals surface area contributed by atoms with E-state index in [9.17, 15) is 0 Å². The average molecular weight is 231 g/mol. The Morgan fingerprint density at radius 3 is 2.76 bits per heavy atom. The van der Waals surface area contributed by atoms with Gasteiger partial charge in [-0.25, -0.2) is 4.98 Å². The minimum Gasteiger partial charge on any atom is -0.353 e. The van der Waals surface area contributed by atoms with Crippen LogP contribution in [-0.4, -0.2) is 27.8 Å². The number of nitrogens with one attached hydrogen (secondary N) is 1. The molecular formula is C12H17N5. The molecule has 0 aliphatic heterocycles. The van der Waals surface area contributed by atoms with Crippen molar-refractivity contribution >= 4 is 17.0 Å². The highest BCUT2D eigenvalue weighted by Crippen LogP contribution is 2.08. The van der Waals surface area contributed by atoms with Gasteiger partial charge in [-0.3, -0.25) is 0 Å². The van der Waals surface area contributed by atoms with Crippen LogP contribution in [0.15, 0.2) is 24.3 Å². The summed E-state index contributed by atoms with van der Waals surface area (Å²) in [4.78, 5) is 4.37. The SMILES string of the molecule is CCC(N)CCNc1nnc2ccccc2n1. The number of rotatable bonds is 5. The number of fused-ring (bicyclic) bond motifs is 1. The van der Waals surface area contributed by atoms with Crippen LogP contribution in [0.5, 0.6) is 0 Å². The van der Waals surface area contributed by atoms with Crippen molar-refractivity contribution in [3.8, 4) is 0 Å². The van der Waals surface area contributed by atoms with Gasteiger partial charge >= 0.3 is 0 Å². The van der Waals surface area contributed by atoms with Gasteiger partial charge in [-0.2, -0.15) is 0 Å². The van der Waals surface area contributed by atoms with Gasteiger partial charge in [0, 0.05) is 12.6 Å². The van der Waals surface area contributed by atoms with E-state index in [-0.39, 0.29) is 6.04 Å². The summed E-state index contributed by atoms with van der Waals surface area (Å²) >= 11 is 0. The van der Waals surface area contributed by atoms with E-state index < -0.39 is 0 Å². The maximum atomic E-state index is 5.83. The average Bonchev–Trinajstić information content (AvgIpc) is 2.38.